The number of rotatable bonds is 4. The van der Waals surface area contributed by atoms with Gasteiger partial charge in [0.25, 0.3) is 5.89 Å². The Morgan fingerprint density at radius 3 is 2.91 bits per heavy atom. The number of alkyl halides is 1. The minimum atomic E-state index is -1.73. The van der Waals surface area contributed by atoms with Gasteiger partial charge >= 0.3 is 0 Å². The Morgan fingerprint density at radius 2 is 2.17 bits per heavy atom. The standard InChI is InChI=1S/C16H17FN4O2/c17-16(5-8-21(10-16)13(22)9-11-1-2-11)15-19-14(23-20-15)12-3-6-18-7-4-12/h3-4,6-7,11H,1-2,5,8-10H2. The highest BCUT2D eigenvalue weighted by atomic mass is 19.1. The number of amides is 1. The Morgan fingerprint density at radius 1 is 1.39 bits per heavy atom. The fraction of sp³-hybridized carbons (Fsp3) is 0.500. The minimum Gasteiger partial charge on any atom is -0.339 e. The number of likely N-dealkylation sites (tertiary alicyclic amines) is 1. The van der Waals surface area contributed by atoms with E-state index in [1.54, 1.807) is 29.4 Å². The van der Waals surface area contributed by atoms with E-state index in [4.69, 9.17) is 4.52 Å². The van der Waals surface area contributed by atoms with Crippen molar-refractivity contribution in [1.29, 1.82) is 0 Å². The van der Waals surface area contributed by atoms with Crippen molar-refractivity contribution in [2.24, 2.45) is 5.92 Å². The lowest BCUT2D eigenvalue weighted by Crippen LogP contribution is -2.32. The molecule has 1 amide bonds. The fourth-order valence-corrected chi connectivity index (χ4v) is 2.88. The summed E-state index contributed by atoms with van der Waals surface area (Å²) in [5.74, 6) is 0.818. The number of hydrogen-bond acceptors (Lipinski definition) is 5. The molecule has 3 heterocycles. The average Bonchev–Trinajstić information content (AvgIpc) is 3.09. The Balaban J connectivity index is 1.49. The lowest BCUT2D eigenvalue weighted by molar-refractivity contribution is -0.131. The van der Waals surface area contributed by atoms with Crippen LogP contribution in [-0.4, -0.2) is 39.0 Å². The molecule has 0 aromatic carbocycles. The Hall–Kier alpha value is -2.31. The number of halogens is 1. The molecule has 2 aliphatic rings. The molecule has 23 heavy (non-hydrogen) atoms. The molecule has 2 aromatic heterocycles. The van der Waals surface area contributed by atoms with Crippen molar-refractivity contribution in [2.45, 2.75) is 31.4 Å². The van der Waals surface area contributed by atoms with Gasteiger partial charge in [-0.3, -0.25) is 9.78 Å². The van der Waals surface area contributed by atoms with Crippen LogP contribution in [0.5, 0.6) is 0 Å². The van der Waals surface area contributed by atoms with Gasteiger partial charge in [-0.05, 0) is 30.9 Å². The summed E-state index contributed by atoms with van der Waals surface area (Å²) in [6.07, 6.45) is 6.18. The number of aromatic nitrogens is 3. The molecule has 2 fully saturated rings. The van der Waals surface area contributed by atoms with Gasteiger partial charge in [0.15, 0.2) is 5.67 Å². The molecule has 1 unspecified atom stereocenters. The second-order valence-electron chi connectivity index (χ2n) is 6.34. The van der Waals surface area contributed by atoms with Gasteiger partial charge in [-0.2, -0.15) is 4.98 Å². The normalized spacial score (nSPS) is 24.1. The maximum Gasteiger partial charge on any atom is 0.258 e. The molecule has 1 saturated heterocycles. The van der Waals surface area contributed by atoms with Crippen LogP contribution in [0.1, 0.15) is 31.5 Å². The molecule has 0 radical (unpaired) electrons. The quantitative estimate of drug-likeness (QED) is 0.865. The van der Waals surface area contributed by atoms with Gasteiger partial charge in [-0.15, -0.1) is 0 Å². The van der Waals surface area contributed by atoms with Crippen molar-refractivity contribution in [2.75, 3.05) is 13.1 Å². The molecule has 0 bridgehead atoms. The van der Waals surface area contributed by atoms with Crippen molar-refractivity contribution >= 4 is 5.91 Å². The molecule has 1 aliphatic heterocycles. The Bertz CT molecular complexity index is 716. The van der Waals surface area contributed by atoms with E-state index in [0.29, 0.717) is 24.4 Å². The third kappa shape index (κ3) is 2.83. The molecule has 2 aromatic rings. The van der Waals surface area contributed by atoms with E-state index < -0.39 is 5.67 Å². The highest BCUT2D eigenvalue weighted by Gasteiger charge is 2.46. The molecule has 7 heteroatoms. The van der Waals surface area contributed by atoms with Crippen LogP contribution < -0.4 is 0 Å². The molecule has 4 rings (SSSR count). The highest BCUT2D eigenvalue weighted by Crippen LogP contribution is 2.38. The first-order valence-electron chi connectivity index (χ1n) is 7.85. The maximum absolute atomic E-state index is 15.1. The van der Waals surface area contributed by atoms with E-state index in [-0.39, 0.29) is 30.6 Å². The van der Waals surface area contributed by atoms with Crippen LogP contribution >= 0.6 is 0 Å². The number of carbonyl (C=O) groups is 1. The van der Waals surface area contributed by atoms with Crippen molar-refractivity contribution in [1.82, 2.24) is 20.0 Å². The van der Waals surface area contributed by atoms with Gasteiger partial charge in [-0.1, -0.05) is 5.16 Å². The lowest BCUT2D eigenvalue weighted by Gasteiger charge is -2.18. The Labute approximate surface area is 132 Å². The first-order chi connectivity index (χ1) is 11.1. The minimum absolute atomic E-state index is 0.00781. The topological polar surface area (TPSA) is 72.1 Å². The van der Waals surface area contributed by atoms with Crippen molar-refractivity contribution in [3.05, 3.63) is 30.4 Å². The maximum atomic E-state index is 15.1. The molecular formula is C16H17FN4O2. The molecule has 6 nitrogen and oxygen atoms in total. The summed E-state index contributed by atoms with van der Waals surface area (Å²) >= 11 is 0. The summed E-state index contributed by atoms with van der Waals surface area (Å²) in [7, 11) is 0. The molecule has 0 N–H and O–H groups in total. The summed E-state index contributed by atoms with van der Waals surface area (Å²) in [5.41, 5.74) is -1.03. The number of hydrogen-bond donors (Lipinski definition) is 0. The first kappa shape index (κ1) is 14.3. The van der Waals surface area contributed by atoms with E-state index in [1.807, 2.05) is 0 Å². The zero-order chi connectivity index (χ0) is 15.9. The summed E-state index contributed by atoms with van der Waals surface area (Å²) in [5, 5.41) is 3.79. The van der Waals surface area contributed by atoms with Gasteiger partial charge in [-0.25, -0.2) is 4.39 Å². The van der Waals surface area contributed by atoms with E-state index in [9.17, 15) is 4.79 Å². The van der Waals surface area contributed by atoms with Crippen LogP contribution in [0.2, 0.25) is 0 Å². The monoisotopic (exact) mass is 316 g/mol. The zero-order valence-corrected chi connectivity index (χ0v) is 12.6. The number of carbonyl (C=O) groups excluding carboxylic acids is 1. The van der Waals surface area contributed by atoms with Crippen LogP contribution in [0, 0.1) is 5.92 Å². The number of nitrogens with zero attached hydrogens (tertiary/aromatic N) is 4. The van der Waals surface area contributed by atoms with Gasteiger partial charge < -0.3 is 9.42 Å². The summed E-state index contributed by atoms with van der Waals surface area (Å²) in [6.45, 7) is 0.412. The van der Waals surface area contributed by atoms with Crippen molar-refractivity contribution in [3.63, 3.8) is 0 Å². The third-order valence-electron chi connectivity index (χ3n) is 4.49. The largest absolute Gasteiger partial charge is 0.339 e. The third-order valence-corrected chi connectivity index (χ3v) is 4.49. The fourth-order valence-electron chi connectivity index (χ4n) is 2.88. The van der Waals surface area contributed by atoms with Gasteiger partial charge in [0.2, 0.25) is 11.7 Å². The lowest BCUT2D eigenvalue weighted by atomic mass is 10.1. The second kappa shape index (κ2) is 5.40. The van der Waals surface area contributed by atoms with Crippen LogP contribution in [0.15, 0.2) is 29.0 Å². The molecular weight excluding hydrogens is 299 g/mol. The predicted molar refractivity (Wildman–Crippen MR) is 78.9 cm³/mol. The van der Waals surface area contributed by atoms with Gasteiger partial charge in [0, 0.05) is 37.3 Å². The van der Waals surface area contributed by atoms with Gasteiger partial charge in [0.1, 0.15) is 0 Å². The average molecular weight is 316 g/mol. The van der Waals surface area contributed by atoms with E-state index in [0.717, 1.165) is 12.8 Å². The van der Waals surface area contributed by atoms with E-state index in [2.05, 4.69) is 15.1 Å². The summed E-state index contributed by atoms with van der Waals surface area (Å²) < 4.78 is 20.3. The van der Waals surface area contributed by atoms with E-state index in [1.165, 1.54) is 0 Å². The SMILES string of the molecule is O=C(CC1CC1)N1CCC(F)(c2noc(-c3ccncc3)n2)C1. The first-order valence-corrected chi connectivity index (χ1v) is 7.85. The zero-order valence-electron chi connectivity index (χ0n) is 12.6. The predicted octanol–water partition coefficient (Wildman–Crippen LogP) is 2.33. The molecule has 1 atom stereocenters. The number of pyridine rings is 1. The van der Waals surface area contributed by atoms with Gasteiger partial charge in [0.05, 0.1) is 6.54 Å². The van der Waals surface area contributed by atoms with E-state index >= 15 is 4.39 Å². The van der Waals surface area contributed by atoms with Crippen LogP contribution in [-0.2, 0) is 10.5 Å². The van der Waals surface area contributed by atoms with Crippen LogP contribution in [0.25, 0.3) is 11.5 Å². The molecule has 1 aliphatic carbocycles. The smallest absolute Gasteiger partial charge is 0.258 e. The summed E-state index contributed by atoms with van der Waals surface area (Å²) in [4.78, 5) is 21.8. The van der Waals surface area contributed by atoms with Crippen molar-refractivity contribution < 1.29 is 13.7 Å². The highest BCUT2D eigenvalue weighted by molar-refractivity contribution is 5.77. The molecule has 1 saturated carbocycles. The summed E-state index contributed by atoms with van der Waals surface area (Å²) in [6, 6.07) is 3.45. The molecule has 120 valence electrons. The van der Waals surface area contributed by atoms with Crippen molar-refractivity contribution in [3.8, 4) is 11.5 Å². The second-order valence-corrected chi connectivity index (χ2v) is 6.34. The Kier molecular flexibility index (Phi) is 3.36. The molecule has 0 spiro atoms. The van der Waals surface area contributed by atoms with Crippen LogP contribution in [0.3, 0.4) is 0 Å². The van der Waals surface area contributed by atoms with Crippen LogP contribution in [0.4, 0.5) is 4.39 Å².